The summed E-state index contributed by atoms with van der Waals surface area (Å²) in [6, 6.07) is 25.4. The lowest BCUT2D eigenvalue weighted by Crippen LogP contribution is -2.29. The van der Waals surface area contributed by atoms with Crippen molar-refractivity contribution in [3.8, 4) is 17.2 Å². The number of aromatic nitrogens is 2. The Morgan fingerprint density at radius 1 is 0.896 bits per heavy atom. The fourth-order valence-electron chi connectivity index (χ4n) is 5.21. The number of rotatable bonds is 11. The smallest absolute Gasteiger partial charge is 0.301 e. The molecule has 1 atom stereocenters. The van der Waals surface area contributed by atoms with Crippen molar-refractivity contribution in [2.45, 2.75) is 29.7 Å². The van der Waals surface area contributed by atoms with Gasteiger partial charge in [-0.05, 0) is 53.9 Å². The number of ether oxygens (including phenoxy) is 3. The molecule has 4 aromatic carbocycles. The quantitative estimate of drug-likeness (QED) is 0.0498. The molecule has 0 bridgehead atoms. The molecule has 48 heavy (non-hydrogen) atoms. The van der Waals surface area contributed by atoms with Crippen molar-refractivity contribution in [3.05, 3.63) is 130 Å². The third-order valence-electron chi connectivity index (χ3n) is 7.70. The first kappa shape index (κ1) is 32.7. The number of aliphatic hydroxyl groups excluding tert-OH is 1. The van der Waals surface area contributed by atoms with Gasteiger partial charge < -0.3 is 19.3 Å². The number of hydrogen-bond donors (Lipinski definition) is 1. The molecule has 1 fully saturated rings. The van der Waals surface area contributed by atoms with Crippen LogP contribution >= 0.6 is 23.1 Å². The van der Waals surface area contributed by atoms with Crippen molar-refractivity contribution in [3.63, 3.8) is 0 Å². The van der Waals surface area contributed by atoms with Gasteiger partial charge >= 0.3 is 5.91 Å². The van der Waals surface area contributed by atoms with Crippen LogP contribution in [0.5, 0.6) is 17.2 Å². The summed E-state index contributed by atoms with van der Waals surface area (Å²) >= 11 is 2.60. The molecule has 1 amide bonds. The third kappa shape index (κ3) is 6.76. The average molecular weight is 684 g/mol. The van der Waals surface area contributed by atoms with Gasteiger partial charge in [-0.15, -0.1) is 10.2 Å². The van der Waals surface area contributed by atoms with E-state index in [1.807, 2.05) is 61.5 Å². The second kappa shape index (κ2) is 14.3. The third-order valence-corrected chi connectivity index (χ3v) is 9.82. The molecular weight excluding hydrogens is 654 g/mol. The largest absolute Gasteiger partial charge is 0.507 e. The Bertz CT molecular complexity index is 2000. The topological polar surface area (TPSA) is 111 Å². The number of carbonyl (C=O) groups excluding carboxylic acids is 2. The van der Waals surface area contributed by atoms with Crippen LogP contribution in [0.25, 0.3) is 5.76 Å². The van der Waals surface area contributed by atoms with Crippen LogP contribution < -0.4 is 19.1 Å². The van der Waals surface area contributed by atoms with Crippen molar-refractivity contribution < 1.29 is 33.3 Å². The molecule has 0 aliphatic carbocycles. The summed E-state index contributed by atoms with van der Waals surface area (Å²) in [5, 5.41) is 20.2. The Balaban J connectivity index is 1.39. The number of benzene rings is 4. The molecule has 244 valence electrons. The van der Waals surface area contributed by atoms with Gasteiger partial charge in [0.15, 0.2) is 27.4 Å². The molecule has 0 saturated carbocycles. The lowest BCUT2D eigenvalue weighted by atomic mass is 9.95. The molecule has 1 N–H and O–H groups in total. The summed E-state index contributed by atoms with van der Waals surface area (Å²) in [5.41, 5.74) is 3.39. The number of methoxy groups -OCH3 is 2. The summed E-state index contributed by atoms with van der Waals surface area (Å²) < 4.78 is 32.0. The molecule has 2 heterocycles. The maximum absolute atomic E-state index is 14.7. The lowest BCUT2D eigenvalue weighted by Gasteiger charge is -2.23. The first-order valence-corrected chi connectivity index (χ1v) is 16.6. The van der Waals surface area contributed by atoms with E-state index in [9.17, 15) is 19.1 Å². The van der Waals surface area contributed by atoms with E-state index >= 15 is 0 Å². The molecule has 9 nitrogen and oxygen atoms in total. The van der Waals surface area contributed by atoms with Gasteiger partial charge in [0.1, 0.15) is 12.4 Å². The predicted octanol–water partition coefficient (Wildman–Crippen LogP) is 7.50. The van der Waals surface area contributed by atoms with Gasteiger partial charge in [0.05, 0.1) is 25.8 Å². The van der Waals surface area contributed by atoms with E-state index in [1.165, 1.54) is 43.0 Å². The number of anilines is 1. The highest BCUT2D eigenvalue weighted by atomic mass is 32.2. The van der Waals surface area contributed by atoms with Gasteiger partial charge in [0.25, 0.3) is 5.78 Å². The van der Waals surface area contributed by atoms with Crippen molar-refractivity contribution in [1.82, 2.24) is 10.2 Å². The average Bonchev–Trinajstić information content (AvgIpc) is 3.68. The number of hydrogen-bond acceptors (Lipinski definition) is 10. The second-order valence-corrected chi connectivity index (χ2v) is 13.0. The summed E-state index contributed by atoms with van der Waals surface area (Å²) in [5.74, 6) is -1.80. The number of thioether (sulfide) groups is 1. The van der Waals surface area contributed by atoms with Crippen LogP contribution in [0.3, 0.4) is 0 Å². The van der Waals surface area contributed by atoms with Gasteiger partial charge in [0, 0.05) is 11.3 Å². The standard InChI is InChI=1S/C36H30FN3O6S2/c1-21-9-11-23(12-10-21)20-47-36-39-38-35(48-36)40-31(24-13-16-28(29(18-24)45-3)46-19-22-7-5-4-6-8-22)30(33(42)34(40)43)32(41)25-14-15-27(44-2)26(37)17-25/h4-18,31,41H,19-20H2,1-3H3/b32-30+. The van der Waals surface area contributed by atoms with Crippen LogP contribution in [0, 0.1) is 12.7 Å². The Labute approximate surface area is 284 Å². The van der Waals surface area contributed by atoms with Gasteiger partial charge in [-0.25, -0.2) is 4.39 Å². The fourth-order valence-corrected chi connectivity index (χ4v) is 7.03. The molecule has 5 aromatic rings. The zero-order valence-corrected chi connectivity index (χ0v) is 27.8. The summed E-state index contributed by atoms with van der Waals surface area (Å²) in [4.78, 5) is 28.6. The summed E-state index contributed by atoms with van der Waals surface area (Å²) in [7, 11) is 2.80. The normalized spacial score (nSPS) is 15.5. The molecule has 0 radical (unpaired) electrons. The minimum Gasteiger partial charge on any atom is -0.507 e. The van der Waals surface area contributed by atoms with Crippen molar-refractivity contribution in [2.75, 3.05) is 19.1 Å². The van der Waals surface area contributed by atoms with E-state index in [4.69, 9.17) is 14.2 Å². The summed E-state index contributed by atoms with van der Waals surface area (Å²) in [6.45, 7) is 2.30. The first-order chi connectivity index (χ1) is 23.3. The maximum Gasteiger partial charge on any atom is 0.301 e. The molecule has 0 spiro atoms. The molecule has 1 saturated heterocycles. The molecule has 12 heteroatoms. The number of ketones is 1. The zero-order chi connectivity index (χ0) is 33.8. The van der Waals surface area contributed by atoms with Gasteiger partial charge in [-0.3, -0.25) is 14.5 Å². The minimum absolute atomic E-state index is 0.00214. The Morgan fingerprint density at radius 3 is 2.33 bits per heavy atom. The number of aryl methyl sites for hydroxylation is 1. The van der Waals surface area contributed by atoms with E-state index in [-0.39, 0.29) is 28.6 Å². The Morgan fingerprint density at radius 2 is 1.62 bits per heavy atom. The Hall–Kier alpha value is -5.20. The zero-order valence-electron chi connectivity index (χ0n) is 26.2. The molecule has 1 aliphatic rings. The van der Waals surface area contributed by atoms with E-state index < -0.39 is 29.3 Å². The van der Waals surface area contributed by atoms with Crippen LogP contribution in [0.4, 0.5) is 9.52 Å². The van der Waals surface area contributed by atoms with Crippen LogP contribution in [0.15, 0.2) is 101 Å². The number of Topliss-reactive ketones (excluding diaryl/α,β-unsaturated/α-hetero) is 1. The SMILES string of the molecule is COc1ccc(/C(O)=C2\C(=O)C(=O)N(c3nnc(SCc4ccc(C)cc4)s3)C2c2ccc(OCc3ccccc3)c(OC)c2)cc1F. The van der Waals surface area contributed by atoms with Crippen LogP contribution in [0.1, 0.15) is 33.9 Å². The summed E-state index contributed by atoms with van der Waals surface area (Å²) in [6.07, 6.45) is 0. The number of carbonyl (C=O) groups is 2. The number of aliphatic hydroxyl groups is 1. The first-order valence-electron chi connectivity index (χ1n) is 14.8. The highest BCUT2D eigenvalue weighted by Gasteiger charge is 2.48. The Kier molecular flexibility index (Phi) is 9.74. The van der Waals surface area contributed by atoms with E-state index in [0.29, 0.717) is 27.2 Å². The second-order valence-electron chi connectivity index (χ2n) is 10.8. The van der Waals surface area contributed by atoms with Crippen LogP contribution in [-0.4, -0.2) is 41.2 Å². The minimum atomic E-state index is -1.14. The van der Waals surface area contributed by atoms with E-state index in [0.717, 1.165) is 34.1 Å². The molecule has 1 aliphatic heterocycles. The molecule has 1 unspecified atom stereocenters. The predicted molar refractivity (Wildman–Crippen MR) is 182 cm³/mol. The highest BCUT2D eigenvalue weighted by Crippen LogP contribution is 2.46. The lowest BCUT2D eigenvalue weighted by molar-refractivity contribution is -0.132. The monoisotopic (exact) mass is 683 g/mol. The van der Waals surface area contributed by atoms with Gasteiger partial charge in [-0.1, -0.05) is 89.3 Å². The van der Waals surface area contributed by atoms with Crippen molar-refractivity contribution >= 4 is 45.7 Å². The maximum atomic E-state index is 14.7. The molecular formula is C36H30FN3O6S2. The van der Waals surface area contributed by atoms with Crippen LogP contribution in [-0.2, 0) is 21.9 Å². The number of halogens is 1. The fraction of sp³-hybridized carbons (Fsp3) is 0.167. The molecule has 6 rings (SSSR count). The van der Waals surface area contributed by atoms with Crippen molar-refractivity contribution in [1.29, 1.82) is 0 Å². The van der Waals surface area contributed by atoms with E-state index in [2.05, 4.69) is 10.2 Å². The highest BCUT2D eigenvalue weighted by molar-refractivity contribution is 8.00. The van der Waals surface area contributed by atoms with Crippen LogP contribution in [0.2, 0.25) is 0 Å². The number of amides is 1. The van der Waals surface area contributed by atoms with Gasteiger partial charge in [-0.2, -0.15) is 0 Å². The van der Waals surface area contributed by atoms with E-state index in [1.54, 1.807) is 18.2 Å². The number of nitrogens with zero attached hydrogens (tertiary/aromatic N) is 3. The van der Waals surface area contributed by atoms with Crippen molar-refractivity contribution in [2.24, 2.45) is 0 Å². The molecule has 1 aromatic heterocycles. The van der Waals surface area contributed by atoms with Gasteiger partial charge in [0.2, 0.25) is 5.13 Å².